The first kappa shape index (κ1) is 16.4. The predicted octanol–water partition coefficient (Wildman–Crippen LogP) is 2.65. The molecule has 3 aromatic rings. The molecule has 1 unspecified atom stereocenters. The smallest absolute Gasteiger partial charge is 0.319 e. The lowest BCUT2D eigenvalue weighted by Crippen LogP contribution is -2.44. The summed E-state index contributed by atoms with van der Waals surface area (Å²) >= 11 is 0. The van der Waals surface area contributed by atoms with Crippen LogP contribution in [0.3, 0.4) is 0 Å². The fraction of sp³-hybridized carbons (Fsp3) is 0.316. The minimum Gasteiger partial charge on any atom is -0.472 e. The largest absolute Gasteiger partial charge is 0.472 e. The number of para-hydroxylation sites is 1. The van der Waals surface area contributed by atoms with E-state index in [2.05, 4.69) is 15.0 Å². The highest BCUT2D eigenvalue weighted by Crippen LogP contribution is 2.23. The van der Waals surface area contributed by atoms with Crippen LogP contribution in [0.5, 0.6) is 11.9 Å². The van der Waals surface area contributed by atoms with Crippen LogP contribution < -0.4 is 9.47 Å². The Morgan fingerprint density at radius 2 is 2.19 bits per heavy atom. The number of nitrogens with one attached hydrogen (secondary N) is 1. The Bertz CT molecular complexity index is 924. The number of H-pyrrole nitrogens is 1. The molecule has 1 amide bonds. The Morgan fingerprint density at radius 1 is 1.31 bits per heavy atom. The highest BCUT2D eigenvalue weighted by Gasteiger charge is 2.27. The van der Waals surface area contributed by atoms with Crippen LogP contribution in [0, 0.1) is 0 Å². The van der Waals surface area contributed by atoms with Crippen molar-refractivity contribution in [1.29, 1.82) is 0 Å². The van der Waals surface area contributed by atoms with Crippen LogP contribution in [0.15, 0.2) is 42.7 Å². The van der Waals surface area contributed by atoms with Gasteiger partial charge in [0.1, 0.15) is 6.10 Å². The van der Waals surface area contributed by atoms with Crippen molar-refractivity contribution < 1.29 is 14.3 Å². The van der Waals surface area contributed by atoms with Crippen molar-refractivity contribution >= 4 is 16.8 Å². The van der Waals surface area contributed by atoms with Crippen LogP contribution in [-0.4, -0.2) is 52.1 Å². The lowest BCUT2D eigenvalue weighted by atomic mass is 10.1. The molecule has 0 bridgehead atoms. The van der Waals surface area contributed by atoms with Gasteiger partial charge < -0.3 is 19.4 Å². The monoisotopic (exact) mass is 352 g/mol. The molecule has 4 rings (SSSR count). The topological polar surface area (TPSA) is 80.3 Å². The van der Waals surface area contributed by atoms with Gasteiger partial charge in [-0.25, -0.2) is 4.98 Å². The molecule has 0 saturated carbocycles. The molecule has 7 heteroatoms. The number of hydrogen-bond acceptors (Lipinski definition) is 5. The Labute approximate surface area is 151 Å². The molecular formula is C19H20N4O3. The molecule has 134 valence electrons. The van der Waals surface area contributed by atoms with Gasteiger partial charge in [0.15, 0.2) is 0 Å². The maximum absolute atomic E-state index is 13.0. The van der Waals surface area contributed by atoms with E-state index in [4.69, 9.17) is 9.47 Å². The van der Waals surface area contributed by atoms with Crippen molar-refractivity contribution in [3.63, 3.8) is 0 Å². The summed E-state index contributed by atoms with van der Waals surface area (Å²) in [5.41, 5.74) is 1.67. The molecule has 1 aliphatic rings. The maximum atomic E-state index is 13.0. The molecule has 1 saturated heterocycles. The Morgan fingerprint density at radius 3 is 3.08 bits per heavy atom. The van der Waals surface area contributed by atoms with Crippen LogP contribution in [0.25, 0.3) is 10.9 Å². The van der Waals surface area contributed by atoms with Crippen LogP contribution in [0.1, 0.15) is 23.2 Å². The van der Waals surface area contributed by atoms with Gasteiger partial charge in [0.25, 0.3) is 5.91 Å². The number of aromatic amines is 1. The summed E-state index contributed by atoms with van der Waals surface area (Å²) in [4.78, 5) is 26.1. The molecule has 7 nitrogen and oxygen atoms in total. The maximum Gasteiger partial charge on any atom is 0.319 e. The molecule has 1 N–H and O–H groups in total. The van der Waals surface area contributed by atoms with Gasteiger partial charge in [0.2, 0.25) is 5.88 Å². The molecule has 1 fully saturated rings. The fourth-order valence-electron chi connectivity index (χ4n) is 3.30. The van der Waals surface area contributed by atoms with E-state index in [1.807, 2.05) is 29.2 Å². The van der Waals surface area contributed by atoms with Gasteiger partial charge in [-0.2, -0.15) is 4.98 Å². The average molecular weight is 352 g/mol. The summed E-state index contributed by atoms with van der Waals surface area (Å²) in [6.07, 6.45) is 5.05. The zero-order chi connectivity index (χ0) is 17.9. The summed E-state index contributed by atoms with van der Waals surface area (Å²) in [5, 5.41) is 0.945. The lowest BCUT2D eigenvalue weighted by Gasteiger charge is -2.32. The second-order valence-electron chi connectivity index (χ2n) is 6.26. The number of amides is 1. The summed E-state index contributed by atoms with van der Waals surface area (Å²) in [7, 11) is 1.52. The minimum atomic E-state index is -0.0995. The normalized spacial score (nSPS) is 17.3. The van der Waals surface area contributed by atoms with Gasteiger partial charge in [-0.05, 0) is 18.9 Å². The summed E-state index contributed by atoms with van der Waals surface area (Å²) in [5.74, 6) is 0.485. The number of piperidine rings is 1. The molecule has 0 spiro atoms. The number of aromatic nitrogens is 3. The van der Waals surface area contributed by atoms with Crippen molar-refractivity contribution in [2.45, 2.75) is 18.9 Å². The number of likely N-dealkylation sites (tertiary alicyclic amines) is 1. The van der Waals surface area contributed by atoms with Gasteiger partial charge in [0, 0.05) is 35.9 Å². The summed E-state index contributed by atoms with van der Waals surface area (Å²) < 4.78 is 11.0. The Hall–Kier alpha value is -3.09. The van der Waals surface area contributed by atoms with Crippen molar-refractivity contribution in [3.05, 3.63) is 48.3 Å². The molecule has 1 aromatic carbocycles. The van der Waals surface area contributed by atoms with Crippen LogP contribution in [0.4, 0.5) is 0 Å². The quantitative estimate of drug-likeness (QED) is 0.781. The first-order chi connectivity index (χ1) is 12.7. The molecule has 26 heavy (non-hydrogen) atoms. The SMILES string of the molecule is COc1nccc(OC2CCCN(C(=O)c3c[nH]c4ccccc34)C2)n1. The second kappa shape index (κ2) is 7.03. The first-order valence-electron chi connectivity index (χ1n) is 8.63. The third-order valence-electron chi connectivity index (χ3n) is 4.56. The zero-order valence-electron chi connectivity index (χ0n) is 14.5. The van der Waals surface area contributed by atoms with Crippen LogP contribution in [0.2, 0.25) is 0 Å². The number of ether oxygens (including phenoxy) is 2. The molecule has 1 aliphatic heterocycles. The fourth-order valence-corrected chi connectivity index (χ4v) is 3.30. The minimum absolute atomic E-state index is 0.0241. The number of fused-ring (bicyclic) bond motifs is 1. The van der Waals surface area contributed by atoms with E-state index >= 15 is 0 Å². The van der Waals surface area contributed by atoms with Gasteiger partial charge in [-0.1, -0.05) is 18.2 Å². The number of benzene rings is 1. The molecule has 0 radical (unpaired) electrons. The van der Waals surface area contributed by atoms with Crippen molar-refractivity contribution in [1.82, 2.24) is 19.9 Å². The second-order valence-corrected chi connectivity index (χ2v) is 6.26. The number of hydrogen-bond donors (Lipinski definition) is 1. The number of carbonyl (C=O) groups excluding carboxylic acids is 1. The van der Waals surface area contributed by atoms with Gasteiger partial charge in [-0.15, -0.1) is 0 Å². The zero-order valence-corrected chi connectivity index (χ0v) is 14.5. The third-order valence-corrected chi connectivity index (χ3v) is 4.56. The van der Waals surface area contributed by atoms with Crippen molar-refractivity contribution in [3.8, 4) is 11.9 Å². The van der Waals surface area contributed by atoms with Gasteiger partial charge in [-0.3, -0.25) is 4.79 Å². The van der Waals surface area contributed by atoms with Crippen molar-refractivity contribution in [2.24, 2.45) is 0 Å². The molecular weight excluding hydrogens is 332 g/mol. The van der Waals surface area contributed by atoms with E-state index in [1.165, 1.54) is 7.11 Å². The van der Waals surface area contributed by atoms with Crippen LogP contribution >= 0.6 is 0 Å². The standard InChI is InChI=1S/C19H20N4O3/c1-25-19-20-9-8-17(22-19)26-13-5-4-10-23(12-13)18(24)15-11-21-16-7-3-2-6-14(15)16/h2-3,6-9,11,13,21H,4-5,10,12H2,1H3. The van der Waals surface area contributed by atoms with Crippen LogP contribution in [-0.2, 0) is 0 Å². The van der Waals surface area contributed by atoms with E-state index in [9.17, 15) is 4.79 Å². The van der Waals surface area contributed by atoms with Gasteiger partial charge >= 0.3 is 6.01 Å². The van der Waals surface area contributed by atoms with E-state index < -0.39 is 0 Å². The highest BCUT2D eigenvalue weighted by atomic mass is 16.5. The number of carbonyl (C=O) groups is 1. The number of rotatable bonds is 4. The molecule has 2 aromatic heterocycles. The van der Waals surface area contributed by atoms with E-state index in [0.29, 0.717) is 18.0 Å². The number of methoxy groups -OCH3 is 1. The van der Waals surface area contributed by atoms with Gasteiger partial charge in [0.05, 0.1) is 19.2 Å². The average Bonchev–Trinajstić information content (AvgIpc) is 3.12. The first-order valence-corrected chi connectivity index (χ1v) is 8.63. The Kier molecular flexibility index (Phi) is 4.43. The predicted molar refractivity (Wildman–Crippen MR) is 96.4 cm³/mol. The highest BCUT2D eigenvalue weighted by molar-refractivity contribution is 6.06. The summed E-state index contributed by atoms with van der Waals surface area (Å²) in [6.45, 7) is 1.26. The van der Waals surface area contributed by atoms with E-state index in [1.54, 1.807) is 18.5 Å². The molecule has 1 atom stereocenters. The summed E-state index contributed by atoms with van der Waals surface area (Å²) in [6, 6.07) is 9.79. The van der Waals surface area contributed by atoms with Crippen molar-refractivity contribution in [2.75, 3.05) is 20.2 Å². The number of nitrogens with zero attached hydrogens (tertiary/aromatic N) is 3. The lowest BCUT2D eigenvalue weighted by molar-refractivity contribution is 0.0527. The Balaban J connectivity index is 1.48. The van der Waals surface area contributed by atoms with E-state index in [-0.39, 0.29) is 18.0 Å². The molecule has 0 aliphatic carbocycles. The molecule has 3 heterocycles. The third kappa shape index (κ3) is 3.20. The van der Waals surface area contributed by atoms with E-state index in [0.717, 1.165) is 30.3 Å².